The van der Waals surface area contributed by atoms with E-state index >= 15 is 0 Å². The molecule has 0 rings (SSSR count). The Morgan fingerprint density at radius 2 is 1.69 bits per heavy atom. The van der Waals surface area contributed by atoms with E-state index in [2.05, 4.69) is 26.1 Å². The van der Waals surface area contributed by atoms with Gasteiger partial charge in [-0.1, -0.05) is 26.7 Å². The molecule has 0 aliphatic carbocycles. The van der Waals surface area contributed by atoms with Crippen molar-refractivity contribution in [2.75, 3.05) is 6.54 Å². The van der Waals surface area contributed by atoms with Gasteiger partial charge < -0.3 is 16.2 Å². The average molecular weight is 230 g/mol. The maximum Gasteiger partial charge on any atom is 0.0526 e. The highest BCUT2D eigenvalue weighted by molar-refractivity contribution is 4.90. The molecule has 98 valence electrons. The molecule has 0 aliphatic heterocycles. The van der Waals surface area contributed by atoms with E-state index in [4.69, 9.17) is 5.73 Å². The first kappa shape index (κ1) is 15.9. The maximum absolute atomic E-state index is 9.38. The van der Waals surface area contributed by atoms with E-state index < -0.39 is 0 Å². The van der Waals surface area contributed by atoms with Crippen molar-refractivity contribution >= 4 is 0 Å². The number of nitrogens with one attached hydrogen (secondary N) is 1. The van der Waals surface area contributed by atoms with Crippen molar-refractivity contribution in [3.8, 4) is 0 Å². The van der Waals surface area contributed by atoms with Crippen LogP contribution in [0, 0.1) is 0 Å². The molecule has 2 atom stereocenters. The first-order valence-electron chi connectivity index (χ1n) is 6.65. The summed E-state index contributed by atoms with van der Waals surface area (Å²) >= 11 is 0. The molecule has 0 aliphatic rings. The van der Waals surface area contributed by atoms with Gasteiger partial charge in [-0.2, -0.15) is 0 Å². The molecule has 0 fully saturated rings. The van der Waals surface area contributed by atoms with Gasteiger partial charge in [0, 0.05) is 18.1 Å². The van der Waals surface area contributed by atoms with Crippen LogP contribution in [-0.4, -0.2) is 29.3 Å². The van der Waals surface area contributed by atoms with Crippen molar-refractivity contribution in [2.45, 2.75) is 77.5 Å². The molecule has 0 heterocycles. The fraction of sp³-hybridized carbons (Fsp3) is 1.00. The number of hydrogen-bond acceptors (Lipinski definition) is 3. The standard InChI is InChI=1S/C13H30N2O/c1-5-7-13(10-14,8-6-2)15-11(3)9-12(4)16/h11-12,15-16H,5-10,14H2,1-4H3. The fourth-order valence-corrected chi connectivity index (χ4v) is 2.58. The molecule has 3 nitrogen and oxygen atoms in total. The summed E-state index contributed by atoms with van der Waals surface area (Å²) in [4.78, 5) is 0. The molecule has 3 heteroatoms. The predicted molar refractivity (Wildman–Crippen MR) is 70.5 cm³/mol. The van der Waals surface area contributed by atoms with Crippen LogP contribution in [0.5, 0.6) is 0 Å². The summed E-state index contributed by atoms with van der Waals surface area (Å²) in [5.74, 6) is 0. The zero-order valence-corrected chi connectivity index (χ0v) is 11.4. The van der Waals surface area contributed by atoms with Gasteiger partial charge in [-0.05, 0) is 33.1 Å². The van der Waals surface area contributed by atoms with E-state index in [0.29, 0.717) is 12.6 Å². The Hall–Kier alpha value is -0.120. The molecule has 16 heavy (non-hydrogen) atoms. The van der Waals surface area contributed by atoms with Gasteiger partial charge in [0.25, 0.3) is 0 Å². The fourth-order valence-electron chi connectivity index (χ4n) is 2.58. The summed E-state index contributed by atoms with van der Waals surface area (Å²) in [5, 5.41) is 13.0. The van der Waals surface area contributed by atoms with Gasteiger partial charge in [0.15, 0.2) is 0 Å². The Morgan fingerprint density at radius 1 is 1.19 bits per heavy atom. The number of hydrogen-bond donors (Lipinski definition) is 3. The Morgan fingerprint density at radius 3 is 2.00 bits per heavy atom. The second-order valence-corrected chi connectivity index (χ2v) is 5.11. The van der Waals surface area contributed by atoms with Gasteiger partial charge in [0.2, 0.25) is 0 Å². The molecule has 0 spiro atoms. The molecule has 0 bridgehead atoms. The first-order valence-corrected chi connectivity index (χ1v) is 6.65. The molecule has 0 aromatic heterocycles. The first-order chi connectivity index (χ1) is 7.49. The van der Waals surface area contributed by atoms with Gasteiger partial charge in [0.05, 0.1) is 6.10 Å². The van der Waals surface area contributed by atoms with Crippen molar-refractivity contribution in [2.24, 2.45) is 5.73 Å². The lowest BCUT2D eigenvalue weighted by atomic mass is 9.87. The molecule has 2 unspecified atom stereocenters. The van der Waals surface area contributed by atoms with Crippen LogP contribution < -0.4 is 11.1 Å². The molecule has 0 aromatic rings. The molecule has 0 amide bonds. The smallest absolute Gasteiger partial charge is 0.0526 e. The minimum atomic E-state index is -0.249. The van der Waals surface area contributed by atoms with Crippen LogP contribution in [0.1, 0.15) is 59.8 Å². The van der Waals surface area contributed by atoms with Crippen LogP contribution in [0.3, 0.4) is 0 Å². The van der Waals surface area contributed by atoms with E-state index in [0.717, 1.165) is 32.1 Å². The Bertz CT molecular complexity index is 165. The third-order valence-corrected chi connectivity index (χ3v) is 3.10. The molecule has 0 aromatic carbocycles. The van der Waals surface area contributed by atoms with Crippen molar-refractivity contribution in [1.82, 2.24) is 5.32 Å². The average Bonchev–Trinajstić information content (AvgIpc) is 2.16. The number of nitrogens with two attached hydrogens (primary N) is 1. The van der Waals surface area contributed by atoms with Crippen molar-refractivity contribution < 1.29 is 5.11 Å². The van der Waals surface area contributed by atoms with E-state index in [9.17, 15) is 5.11 Å². The lowest BCUT2D eigenvalue weighted by Crippen LogP contribution is -2.54. The van der Waals surface area contributed by atoms with Crippen LogP contribution in [0.25, 0.3) is 0 Å². The van der Waals surface area contributed by atoms with Crippen molar-refractivity contribution in [3.05, 3.63) is 0 Å². The quantitative estimate of drug-likeness (QED) is 0.568. The van der Waals surface area contributed by atoms with E-state index in [1.54, 1.807) is 0 Å². The van der Waals surface area contributed by atoms with E-state index in [1.807, 2.05) is 6.92 Å². The summed E-state index contributed by atoms with van der Waals surface area (Å²) < 4.78 is 0. The highest BCUT2D eigenvalue weighted by Gasteiger charge is 2.28. The highest BCUT2D eigenvalue weighted by atomic mass is 16.3. The zero-order valence-electron chi connectivity index (χ0n) is 11.4. The van der Waals surface area contributed by atoms with Crippen LogP contribution >= 0.6 is 0 Å². The van der Waals surface area contributed by atoms with E-state index in [1.165, 1.54) is 0 Å². The Kier molecular flexibility index (Phi) is 7.98. The van der Waals surface area contributed by atoms with Crippen LogP contribution in [0.2, 0.25) is 0 Å². The normalized spacial score (nSPS) is 16.1. The van der Waals surface area contributed by atoms with Gasteiger partial charge in [0.1, 0.15) is 0 Å². The van der Waals surface area contributed by atoms with Gasteiger partial charge in [-0.3, -0.25) is 0 Å². The number of rotatable bonds is 9. The van der Waals surface area contributed by atoms with Gasteiger partial charge in [-0.25, -0.2) is 0 Å². The second-order valence-electron chi connectivity index (χ2n) is 5.11. The summed E-state index contributed by atoms with van der Waals surface area (Å²) in [6.45, 7) is 9.03. The van der Waals surface area contributed by atoms with E-state index in [-0.39, 0.29) is 11.6 Å². The minimum absolute atomic E-state index is 0.0673. The minimum Gasteiger partial charge on any atom is -0.393 e. The molecule has 0 saturated carbocycles. The zero-order chi connectivity index (χ0) is 12.6. The van der Waals surface area contributed by atoms with Crippen LogP contribution in [-0.2, 0) is 0 Å². The third-order valence-electron chi connectivity index (χ3n) is 3.10. The monoisotopic (exact) mass is 230 g/mol. The maximum atomic E-state index is 9.38. The summed E-state index contributed by atoms with van der Waals surface area (Å²) in [5.41, 5.74) is 6.00. The number of aliphatic hydroxyl groups is 1. The molecular formula is C13H30N2O. The van der Waals surface area contributed by atoms with Gasteiger partial charge in [-0.15, -0.1) is 0 Å². The summed E-state index contributed by atoms with van der Waals surface area (Å²) in [6, 6.07) is 0.321. The van der Waals surface area contributed by atoms with Crippen LogP contribution in [0.4, 0.5) is 0 Å². The Balaban J connectivity index is 4.37. The van der Waals surface area contributed by atoms with Crippen LogP contribution in [0.15, 0.2) is 0 Å². The second kappa shape index (κ2) is 8.04. The van der Waals surface area contributed by atoms with Crippen molar-refractivity contribution in [1.29, 1.82) is 0 Å². The molecule has 4 N–H and O–H groups in total. The summed E-state index contributed by atoms with van der Waals surface area (Å²) in [7, 11) is 0. The van der Waals surface area contributed by atoms with Crippen molar-refractivity contribution in [3.63, 3.8) is 0 Å². The lowest BCUT2D eigenvalue weighted by molar-refractivity contribution is 0.154. The van der Waals surface area contributed by atoms with Gasteiger partial charge >= 0.3 is 0 Å². The molecule has 0 saturated heterocycles. The molecule has 0 radical (unpaired) electrons. The third kappa shape index (κ3) is 5.83. The highest BCUT2D eigenvalue weighted by Crippen LogP contribution is 2.20. The molecular weight excluding hydrogens is 200 g/mol. The summed E-state index contributed by atoms with van der Waals surface area (Å²) in [6.07, 6.45) is 5.05. The number of aliphatic hydroxyl groups excluding tert-OH is 1. The topological polar surface area (TPSA) is 58.3 Å². The Labute approximate surface area is 101 Å². The largest absolute Gasteiger partial charge is 0.393 e. The lowest BCUT2D eigenvalue weighted by Gasteiger charge is -2.37. The predicted octanol–water partition coefficient (Wildman–Crippen LogP) is 2.03. The SMILES string of the molecule is CCCC(CN)(CCC)NC(C)CC(C)O.